The largest absolute Gasteiger partial charge is 0.348 e. The Morgan fingerprint density at radius 3 is 2.93 bits per heavy atom. The average molecular weight is 379 g/mol. The Hall–Kier alpha value is -2.57. The van der Waals surface area contributed by atoms with Crippen molar-refractivity contribution in [3.05, 3.63) is 71.5 Å². The highest BCUT2D eigenvalue weighted by molar-refractivity contribution is 7.13. The molecule has 1 unspecified atom stereocenters. The van der Waals surface area contributed by atoms with Crippen molar-refractivity contribution in [1.82, 2.24) is 20.2 Å². The summed E-state index contributed by atoms with van der Waals surface area (Å²) >= 11 is 1.69. The van der Waals surface area contributed by atoms with Crippen LogP contribution in [0.4, 0.5) is 0 Å². The van der Waals surface area contributed by atoms with Crippen LogP contribution in [0.1, 0.15) is 28.9 Å². The summed E-state index contributed by atoms with van der Waals surface area (Å²) in [6.07, 6.45) is 5.37. The quantitative estimate of drug-likeness (QED) is 0.737. The van der Waals surface area contributed by atoms with Gasteiger partial charge < -0.3 is 5.32 Å². The van der Waals surface area contributed by atoms with Crippen LogP contribution in [0.2, 0.25) is 0 Å². The molecular formula is C21H22N4OS. The summed E-state index contributed by atoms with van der Waals surface area (Å²) in [4.78, 5) is 23.5. The molecule has 5 nitrogen and oxygen atoms in total. The molecule has 1 saturated heterocycles. The Morgan fingerprint density at radius 1 is 1.22 bits per heavy atom. The van der Waals surface area contributed by atoms with Crippen LogP contribution in [-0.4, -0.2) is 39.9 Å². The van der Waals surface area contributed by atoms with E-state index in [9.17, 15) is 4.79 Å². The van der Waals surface area contributed by atoms with E-state index in [1.165, 1.54) is 0 Å². The lowest BCUT2D eigenvalue weighted by Gasteiger charge is -2.32. The second-order valence-corrected chi connectivity index (χ2v) is 7.66. The summed E-state index contributed by atoms with van der Waals surface area (Å²) in [5, 5.41) is 6.34. The molecule has 0 bridgehead atoms. The topological polar surface area (TPSA) is 58.1 Å². The van der Waals surface area contributed by atoms with Crippen molar-refractivity contribution < 1.29 is 4.79 Å². The normalized spacial score (nSPS) is 17.6. The number of aromatic nitrogens is 2. The van der Waals surface area contributed by atoms with Gasteiger partial charge in [-0.25, -0.2) is 4.98 Å². The van der Waals surface area contributed by atoms with Gasteiger partial charge in [0.2, 0.25) is 0 Å². The molecule has 1 fully saturated rings. The van der Waals surface area contributed by atoms with Gasteiger partial charge in [0.15, 0.2) is 0 Å². The average Bonchev–Trinajstić information content (AvgIpc) is 3.18. The van der Waals surface area contributed by atoms with Crippen LogP contribution in [0.5, 0.6) is 0 Å². The summed E-state index contributed by atoms with van der Waals surface area (Å²) < 4.78 is 0. The van der Waals surface area contributed by atoms with E-state index in [0.717, 1.165) is 48.7 Å². The van der Waals surface area contributed by atoms with E-state index in [1.807, 2.05) is 18.2 Å². The highest BCUT2D eigenvalue weighted by atomic mass is 32.1. The fourth-order valence-corrected chi connectivity index (χ4v) is 4.22. The first-order valence-electron chi connectivity index (χ1n) is 9.21. The second kappa shape index (κ2) is 8.41. The first-order chi connectivity index (χ1) is 13.3. The minimum atomic E-state index is -0.0463. The van der Waals surface area contributed by atoms with Crippen molar-refractivity contribution in [2.45, 2.75) is 25.4 Å². The first-order valence-corrected chi connectivity index (χ1v) is 10.1. The zero-order chi connectivity index (χ0) is 18.5. The number of rotatable bonds is 5. The molecule has 0 aliphatic carbocycles. The molecular weight excluding hydrogens is 356 g/mol. The number of piperidine rings is 1. The maximum absolute atomic E-state index is 12.4. The predicted octanol–water partition coefficient (Wildman–Crippen LogP) is 3.60. The Labute approximate surface area is 163 Å². The maximum atomic E-state index is 12.4. The fourth-order valence-electron chi connectivity index (χ4n) is 3.40. The van der Waals surface area contributed by atoms with Crippen molar-refractivity contribution in [2.24, 2.45) is 0 Å². The molecule has 2 aromatic heterocycles. The van der Waals surface area contributed by atoms with Gasteiger partial charge in [0, 0.05) is 42.5 Å². The number of benzene rings is 1. The molecule has 0 saturated carbocycles. The number of thiazole rings is 1. The van der Waals surface area contributed by atoms with Crippen LogP contribution in [0.15, 0.2) is 60.2 Å². The number of hydrogen-bond donors (Lipinski definition) is 1. The van der Waals surface area contributed by atoms with E-state index in [-0.39, 0.29) is 11.9 Å². The van der Waals surface area contributed by atoms with E-state index in [2.05, 4.69) is 32.7 Å². The number of carbonyl (C=O) groups excluding carboxylic acids is 1. The van der Waals surface area contributed by atoms with E-state index in [4.69, 9.17) is 4.98 Å². The van der Waals surface area contributed by atoms with Gasteiger partial charge in [-0.2, -0.15) is 0 Å². The zero-order valence-electron chi connectivity index (χ0n) is 15.0. The lowest BCUT2D eigenvalue weighted by Crippen LogP contribution is -2.47. The lowest BCUT2D eigenvalue weighted by atomic mass is 10.0. The smallest absolute Gasteiger partial charge is 0.253 e. The van der Waals surface area contributed by atoms with Crippen LogP contribution in [0, 0.1) is 0 Å². The Balaban J connectivity index is 1.35. The summed E-state index contributed by atoms with van der Waals surface area (Å²) in [6.45, 7) is 2.71. The summed E-state index contributed by atoms with van der Waals surface area (Å²) in [5.74, 6) is -0.0463. The molecule has 1 aliphatic heterocycles. The Bertz CT molecular complexity index is 881. The minimum Gasteiger partial charge on any atom is -0.348 e. The number of nitrogens with one attached hydrogen (secondary N) is 1. The highest BCUT2D eigenvalue weighted by Gasteiger charge is 2.22. The van der Waals surface area contributed by atoms with Gasteiger partial charge in [-0.15, -0.1) is 11.3 Å². The number of likely N-dealkylation sites (tertiary alicyclic amines) is 1. The third-order valence-corrected chi connectivity index (χ3v) is 5.66. The molecule has 0 radical (unpaired) electrons. The maximum Gasteiger partial charge on any atom is 0.253 e. The van der Waals surface area contributed by atoms with E-state index in [0.29, 0.717) is 5.56 Å². The third kappa shape index (κ3) is 4.59. The highest BCUT2D eigenvalue weighted by Crippen LogP contribution is 2.24. The number of carbonyl (C=O) groups is 1. The van der Waals surface area contributed by atoms with Crippen molar-refractivity contribution >= 4 is 17.2 Å². The molecule has 4 rings (SSSR count). The second-order valence-electron chi connectivity index (χ2n) is 6.80. The Kier molecular flexibility index (Phi) is 5.55. The molecule has 1 atom stereocenters. The molecule has 1 N–H and O–H groups in total. The molecule has 138 valence electrons. The first kappa shape index (κ1) is 17.8. The van der Waals surface area contributed by atoms with Crippen LogP contribution < -0.4 is 5.32 Å². The van der Waals surface area contributed by atoms with E-state index >= 15 is 0 Å². The molecule has 3 heterocycles. The zero-order valence-corrected chi connectivity index (χ0v) is 15.9. The van der Waals surface area contributed by atoms with Crippen molar-refractivity contribution in [1.29, 1.82) is 0 Å². The third-order valence-electron chi connectivity index (χ3n) is 4.72. The van der Waals surface area contributed by atoms with Crippen molar-refractivity contribution in [3.8, 4) is 10.6 Å². The van der Waals surface area contributed by atoms with Crippen molar-refractivity contribution in [2.75, 3.05) is 13.1 Å². The van der Waals surface area contributed by atoms with Crippen LogP contribution in [0.3, 0.4) is 0 Å². The van der Waals surface area contributed by atoms with Crippen LogP contribution in [-0.2, 0) is 6.54 Å². The van der Waals surface area contributed by atoms with Gasteiger partial charge >= 0.3 is 0 Å². The summed E-state index contributed by atoms with van der Waals surface area (Å²) in [6, 6.07) is 14.0. The predicted molar refractivity (Wildman–Crippen MR) is 108 cm³/mol. The standard InChI is InChI=1S/C21H22N4OS/c26-20(17-8-4-10-22-12-17)23-18-9-5-11-25(13-18)14-19-15-27-21(24-19)16-6-2-1-3-7-16/h1-4,6-8,10,12,15,18H,5,9,11,13-14H2,(H,23,26). The molecule has 1 aliphatic rings. The van der Waals surface area contributed by atoms with Gasteiger partial charge in [0.1, 0.15) is 5.01 Å². The van der Waals surface area contributed by atoms with Gasteiger partial charge in [-0.05, 0) is 31.5 Å². The van der Waals surface area contributed by atoms with E-state index in [1.54, 1.807) is 35.9 Å². The Morgan fingerprint density at radius 2 is 2.11 bits per heavy atom. The van der Waals surface area contributed by atoms with Gasteiger partial charge in [-0.3, -0.25) is 14.7 Å². The minimum absolute atomic E-state index is 0.0463. The SMILES string of the molecule is O=C(NC1CCCN(Cc2csc(-c3ccccc3)n2)C1)c1cccnc1. The summed E-state index contributed by atoms with van der Waals surface area (Å²) in [7, 11) is 0. The van der Waals surface area contributed by atoms with Gasteiger partial charge in [0.05, 0.1) is 11.3 Å². The van der Waals surface area contributed by atoms with Gasteiger partial charge in [-0.1, -0.05) is 30.3 Å². The molecule has 3 aromatic rings. The molecule has 1 aromatic carbocycles. The fraction of sp³-hybridized carbons (Fsp3) is 0.286. The van der Waals surface area contributed by atoms with E-state index < -0.39 is 0 Å². The molecule has 27 heavy (non-hydrogen) atoms. The number of nitrogens with zero attached hydrogens (tertiary/aromatic N) is 3. The number of amides is 1. The van der Waals surface area contributed by atoms with Gasteiger partial charge in [0.25, 0.3) is 5.91 Å². The number of pyridine rings is 1. The monoisotopic (exact) mass is 378 g/mol. The molecule has 0 spiro atoms. The molecule has 1 amide bonds. The lowest BCUT2D eigenvalue weighted by molar-refractivity contribution is 0.0900. The molecule has 6 heteroatoms. The van der Waals surface area contributed by atoms with Crippen molar-refractivity contribution in [3.63, 3.8) is 0 Å². The number of hydrogen-bond acceptors (Lipinski definition) is 5. The summed E-state index contributed by atoms with van der Waals surface area (Å²) in [5.41, 5.74) is 2.87. The van der Waals surface area contributed by atoms with Crippen LogP contribution in [0.25, 0.3) is 10.6 Å². The van der Waals surface area contributed by atoms with Crippen LogP contribution >= 0.6 is 11.3 Å².